The third-order valence-electron chi connectivity index (χ3n) is 2.72. The average molecular weight is 257 g/mol. The van der Waals surface area contributed by atoms with Crippen molar-refractivity contribution in [3.8, 4) is 10.6 Å². The van der Waals surface area contributed by atoms with Gasteiger partial charge < -0.3 is 4.74 Å². The van der Waals surface area contributed by atoms with Gasteiger partial charge in [0.1, 0.15) is 11.1 Å². The van der Waals surface area contributed by atoms with E-state index >= 15 is 0 Å². The van der Waals surface area contributed by atoms with Crippen molar-refractivity contribution in [1.82, 2.24) is 4.98 Å². The van der Waals surface area contributed by atoms with Crippen molar-refractivity contribution in [1.29, 1.82) is 0 Å². The third-order valence-corrected chi connectivity index (χ3v) is 3.61. The number of esters is 1. The molecule has 1 unspecified atom stereocenters. The predicted molar refractivity (Wildman–Crippen MR) is 71.1 cm³/mol. The van der Waals surface area contributed by atoms with E-state index in [-0.39, 0.29) is 12.1 Å². The summed E-state index contributed by atoms with van der Waals surface area (Å²) in [5, 5.41) is 2.81. The van der Waals surface area contributed by atoms with Crippen molar-refractivity contribution in [3.63, 3.8) is 0 Å². The van der Waals surface area contributed by atoms with Crippen LogP contribution in [0.4, 0.5) is 0 Å². The monoisotopic (exact) mass is 257 g/mol. The number of rotatable bonds is 2. The van der Waals surface area contributed by atoms with E-state index in [1.807, 2.05) is 48.7 Å². The van der Waals surface area contributed by atoms with Crippen LogP contribution >= 0.6 is 11.3 Å². The lowest BCUT2D eigenvalue weighted by atomic mass is 10.2. The topological polar surface area (TPSA) is 39.2 Å². The third kappa shape index (κ3) is 1.95. The lowest BCUT2D eigenvalue weighted by Crippen LogP contribution is -2.03. The summed E-state index contributed by atoms with van der Waals surface area (Å²) >= 11 is 1.53. The maximum absolute atomic E-state index is 11.6. The van der Waals surface area contributed by atoms with Gasteiger partial charge in [0.15, 0.2) is 0 Å². The number of ether oxygens (including phenoxy) is 1. The van der Waals surface area contributed by atoms with E-state index in [0.717, 1.165) is 10.6 Å². The van der Waals surface area contributed by atoms with Crippen molar-refractivity contribution in [3.05, 3.63) is 47.5 Å². The van der Waals surface area contributed by atoms with Crippen molar-refractivity contribution in [2.75, 3.05) is 0 Å². The van der Waals surface area contributed by atoms with E-state index in [1.165, 1.54) is 11.3 Å². The van der Waals surface area contributed by atoms with Gasteiger partial charge in [0, 0.05) is 10.9 Å². The molecule has 0 amide bonds. The molecule has 3 nitrogen and oxygen atoms in total. The zero-order valence-corrected chi connectivity index (χ0v) is 10.6. The van der Waals surface area contributed by atoms with Gasteiger partial charge in [0.05, 0.1) is 11.3 Å². The van der Waals surface area contributed by atoms with Gasteiger partial charge in [-0.15, -0.1) is 11.3 Å². The number of carbonyl (C=O) groups is 1. The number of aromatic nitrogens is 1. The molecule has 2 heterocycles. The molecule has 0 spiro atoms. The number of thiazole rings is 1. The normalized spacial score (nSPS) is 18.6. The van der Waals surface area contributed by atoms with Gasteiger partial charge in [-0.2, -0.15) is 0 Å². The smallest absolute Gasteiger partial charge is 0.340 e. The Labute approximate surface area is 109 Å². The Balaban J connectivity index is 1.96. The van der Waals surface area contributed by atoms with Gasteiger partial charge in [0.25, 0.3) is 0 Å². The lowest BCUT2D eigenvalue weighted by Gasteiger charge is -1.97. The molecular weight excluding hydrogens is 246 g/mol. The zero-order chi connectivity index (χ0) is 12.5. The van der Waals surface area contributed by atoms with E-state index in [9.17, 15) is 4.79 Å². The number of carbonyl (C=O) groups excluding carboxylic acids is 1. The molecule has 90 valence electrons. The molecule has 1 atom stereocenters. The Hall–Kier alpha value is -1.94. The second kappa shape index (κ2) is 4.38. The first-order chi connectivity index (χ1) is 8.74. The standard InChI is InChI=1S/C14H11NO2S/c1-9-7-11(14(16)17-9)12-8-18-13(15-12)10-5-3-2-4-6-10/h2-9H,1H3. The summed E-state index contributed by atoms with van der Waals surface area (Å²) in [4.78, 5) is 16.1. The molecule has 0 saturated heterocycles. The fraction of sp³-hybridized carbons (Fsp3) is 0.143. The zero-order valence-electron chi connectivity index (χ0n) is 9.79. The van der Waals surface area contributed by atoms with Crippen molar-refractivity contribution in [2.24, 2.45) is 0 Å². The molecule has 0 fully saturated rings. The summed E-state index contributed by atoms with van der Waals surface area (Å²) in [6.07, 6.45) is 1.65. The minimum absolute atomic E-state index is 0.158. The first-order valence-electron chi connectivity index (χ1n) is 5.68. The van der Waals surface area contributed by atoms with Crippen LogP contribution in [-0.2, 0) is 9.53 Å². The molecule has 0 aliphatic carbocycles. The van der Waals surface area contributed by atoms with Gasteiger partial charge in [-0.25, -0.2) is 9.78 Å². The number of cyclic esters (lactones) is 1. The molecule has 2 aromatic rings. The molecule has 1 aliphatic rings. The van der Waals surface area contributed by atoms with Gasteiger partial charge in [-0.3, -0.25) is 0 Å². The quantitative estimate of drug-likeness (QED) is 0.776. The van der Waals surface area contributed by atoms with Crippen LogP contribution in [0.25, 0.3) is 16.1 Å². The van der Waals surface area contributed by atoms with Gasteiger partial charge in [-0.05, 0) is 13.0 Å². The highest BCUT2D eigenvalue weighted by atomic mass is 32.1. The van der Waals surface area contributed by atoms with Crippen LogP contribution < -0.4 is 0 Å². The summed E-state index contributed by atoms with van der Waals surface area (Å²) in [7, 11) is 0. The number of nitrogens with zero attached hydrogens (tertiary/aromatic N) is 1. The highest BCUT2D eigenvalue weighted by Gasteiger charge is 2.25. The van der Waals surface area contributed by atoms with E-state index in [4.69, 9.17) is 4.74 Å². The second-order valence-corrected chi connectivity index (χ2v) is 4.95. The minimum Gasteiger partial charge on any atom is -0.455 e. The molecule has 18 heavy (non-hydrogen) atoms. The summed E-state index contributed by atoms with van der Waals surface area (Å²) in [5.74, 6) is -0.285. The molecule has 4 heteroatoms. The Kier molecular flexibility index (Phi) is 2.72. The lowest BCUT2D eigenvalue weighted by molar-refractivity contribution is -0.137. The minimum atomic E-state index is -0.285. The van der Waals surface area contributed by atoms with Gasteiger partial charge in [-0.1, -0.05) is 30.3 Å². The fourth-order valence-electron chi connectivity index (χ4n) is 1.87. The molecule has 0 bridgehead atoms. The highest BCUT2D eigenvalue weighted by Crippen LogP contribution is 2.29. The SMILES string of the molecule is CC1C=C(c2csc(-c3ccccc3)n2)C(=O)O1. The Bertz CT molecular complexity index is 616. The molecule has 1 aromatic heterocycles. The Morgan fingerprint density at radius 2 is 2.06 bits per heavy atom. The van der Waals surface area contributed by atoms with Crippen LogP contribution in [0, 0.1) is 0 Å². The average Bonchev–Trinajstić information content (AvgIpc) is 2.97. The number of hydrogen-bond donors (Lipinski definition) is 0. The largest absolute Gasteiger partial charge is 0.455 e. The van der Waals surface area contributed by atoms with E-state index in [2.05, 4.69) is 4.98 Å². The Morgan fingerprint density at radius 3 is 2.72 bits per heavy atom. The maximum Gasteiger partial charge on any atom is 0.340 e. The van der Waals surface area contributed by atoms with Crippen LogP contribution in [0.1, 0.15) is 12.6 Å². The molecule has 1 aromatic carbocycles. The molecule has 0 N–H and O–H groups in total. The molecule has 0 saturated carbocycles. The fourth-order valence-corrected chi connectivity index (χ4v) is 2.70. The van der Waals surface area contributed by atoms with Crippen LogP contribution in [-0.4, -0.2) is 17.1 Å². The van der Waals surface area contributed by atoms with Crippen LogP contribution in [0.15, 0.2) is 41.8 Å². The summed E-state index contributed by atoms with van der Waals surface area (Å²) in [6.45, 7) is 1.84. The summed E-state index contributed by atoms with van der Waals surface area (Å²) in [5.41, 5.74) is 2.34. The van der Waals surface area contributed by atoms with Crippen LogP contribution in [0.3, 0.4) is 0 Å². The number of hydrogen-bond acceptors (Lipinski definition) is 4. The van der Waals surface area contributed by atoms with Crippen molar-refractivity contribution in [2.45, 2.75) is 13.0 Å². The second-order valence-electron chi connectivity index (χ2n) is 4.09. The highest BCUT2D eigenvalue weighted by molar-refractivity contribution is 7.13. The van der Waals surface area contributed by atoms with Gasteiger partial charge in [0.2, 0.25) is 0 Å². The van der Waals surface area contributed by atoms with Crippen molar-refractivity contribution >= 4 is 22.9 Å². The summed E-state index contributed by atoms with van der Waals surface area (Å²) < 4.78 is 5.08. The van der Waals surface area contributed by atoms with E-state index < -0.39 is 0 Å². The first kappa shape index (κ1) is 11.2. The van der Waals surface area contributed by atoms with Gasteiger partial charge >= 0.3 is 5.97 Å². The Morgan fingerprint density at radius 1 is 1.28 bits per heavy atom. The number of benzene rings is 1. The van der Waals surface area contributed by atoms with Crippen LogP contribution in [0.2, 0.25) is 0 Å². The molecule has 3 rings (SSSR count). The predicted octanol–water partition coefficient (Wildman–Crippen LogP) is 3.14. The summed E-state index contributed by atoms with van der Waals surface area (Å²) in [6, 6.07) is 9.93. The van der Waals surface area contributed by atoms with E-state index in [0.29, 0.717) is 11.3 Å². The molecular formula is C14H11NO2S. The van der Waals surface area contributed by atoms with Crippen molar-refractivity contribution < 1.29 is 9.53 Å². The molecule has 0 radical (unpaired) electrons. The maximum atomic E-state index is 11.6. The molecule has 1 aliphatic heterocycles. The van der Waals surface area contributed by atoms with E-state index in [1.54, 1.807) is 0 Å². The van der Waals surface area contributed by atoms with Crippen LogP contribution in [0.5, 0.6) is 0 Å². The first-order valence-corrected chi connectivity index (χ1v) is 6.56.